The molecule has 7 atom stereocenters. The molecule has 21 heteroatoms. The van der Waals surface area contributed by atoms with E-state index in [0.717, 1.165) is 10.1 Å². The molecular weight excluding hydrogens is 1010 g/mol. The van der Waals surface area contributed by atoms with Crippen LogP contribution in [0, 0.1) is 0 Å². The van der Waals surface area contributed by atoms with Crippen LogP contribution >= 0.6 is 0 Å². The zero-order valence-electron chi connectivity index (χ0n) is 48.0. The molecule has 0 bridgehead atoms. The molecule has 4 N–H and O–H groups in total. The van der Waals surface area contributed by atoms with E-state index in [-0.39, 0.29) is 55.6 Å². The van der Waals surface area contributed by atoms with E-state index < -0.39 is 106 Å². The average Bonchev–Trinajstić information content (AvgIpc) is 3.63. The first-order chi connectivity index (χ1) is 35.0. The Labute approximate surface area is 451 Å². The smallest absolute Gasteiger partial charge is 0.408 e. The molecule has 1 fully saturated rings. The fraction of sp³-hybridized carbons (Fsp3) is 0.636. The summed E-state index contributed by atoms with van der Waals surface area (Å²) in [4.78, 5) is 81.9. The van der Waals surface area contributed by atoms with Gasteiger partial charge in [-0.15, -0.1) is 0 Å². The van der Waals surface area contributed by atoms with Crippen molar-refractivity contribution in [3.8, 4) is 5.75 Å². The summed E-state index contributed by atoms with van der Waals surface area (Å²) in [7, 11) is -4.03. The Morgan fingerprint density at radius 3 is 1.88 bits per heavy atom. The number of methoxy groups -OCH3 is 1. The van der Waals surface area contributed by atoms with Gasteiger partial charge in [0, 0.05) is 25.2 Å². The fourth-order valence-corrected chi connectivity index (χ4v) is 10.2. The molecule has 19 nitrogen and oxygen atoms in total. The maximum absolute atomic E-state index is 14.7. The lowest BCUT2D eigenvalue weighted by Gasteiger charge is -2.44. The molecule has 2 aromatic carbocycles. The van der Waals surface area contributed by atoms with Crippen LogP contribution < -0.4 is 31.9 Å². The van der Waals surface area contributed by atoms with Crippen LogP contribution in [0.25, 0.3) is 0 Å². The molecule has 1 aliphatic heterocycles. The average molecular weight is 1100 g/mol. The van der Waals surface area contributed by atoms with Crippen LogP contribution in [0.15, 0.2) is 76.4 Å². The van der Waals surface area contributed by atoms with Gasteiger partial charge in [0.1, 0.15) is 60.1 Å². The minimum Gasteiger partial charge on any atom is -0.497 e. The monoisotopic (exact) mass is 1100 g/mol. The Hall–Kier alpha value is -5.17. The van der Waals surface area contributed by atoms with Crippen molar-refractivity contribution in [2.75, 3.05) is 20.2 Å². The van der Waals surface area contributed by atoms with Crippen molar-refractivity contribution in [1.29, 1.82) is 0 Å². The topological polar surface area (TPSA) is 233 Å². The predicted molar refractivity (Wildman–Crippen MR) is 295 cm³/mol. The Morgan fingerprint density at radius 1 is 0.750 bits per heavy atom. The largest absolute Gasteiger partial charge is 0.497 e. The molecule has 2 amide bonds. The molecule has 4 rings (SSSR count). The van der Waals surface area contributed by atoms with Crippen molar-refractivity contribution in [2.45, 2.75) is 206 Å². The number of hydrogen-bond acceptors (Lipinski definition) is 15. The van der Waals surface area contributed by atoms with Crippen molar-refractivity contribution in [2.24, 2.45) is 0 Å². The number of carbonyl (C=O) groups excluding carboxylic acids is 4. The van der Waals surface area contributed by atoms with Gasteiger partial charge in [-0.05, 0) is 120 Å². The van der Waals surface area contributed by atoms with Crippen LogP contribution in [0.2, 0.25) is 36.3 Å². The lowest BCUT2D eigenvalue weighted by Crippen LogP contribution is -2.59. The van der Waals surface area contributed by atoms with Gasteiger partial charge in [-0.1, -0.05) is 84.0 Å². The molecule has 3 aromatic rings. The van der Waals surface area contributed by atoms with Crippen molar-refractivity contribution in [1.82, 2.24) is 25.1 Å². The third-order valence-electron chi connectivity index (χ3n) is 13.8. The molecule has 1 aromatic heterocycles. The molecule has 0 saturated carbocycles. The molecule has 0 radical (unpaired) electrons. The molecule has 0 aliphatic carbocycles. The Balaban J connectivity index is 1.69. The van der Waals surface area contributed by atoms with Crippen LogP contribution in [-0.4, -0.2) is 123 Å². The Morgan fingerprint density at radius 2 is 1.33 bits per heavy atom. The highest BCUT2D eigenvalue weighted by Gasteiger charge is 2.58. The van der Waals surface area contributed by atoms with Crippen LogP contribution in [0.5, 0.6) is 5.75 Å². The van der Waals surface area contributed by atoms with Gasteiger partial charge in [0.15, 0.2) is 22.9 Å². The summed E-state index contributed by atoms with van der Waals surface area (Å²) in [5.74, 6) is -1.32. The highest BCUT2D eigenvalue weighted by molar-refractivity contribution is 6.74. The normalized spacial score (nSPS) is 18.8. The van der Waals surface area contributed by atoms with Crippen LogP contribution in [0.3, 0.4) is 0 Å². The van der Waals surface area contributed by atoms with Gasteiger partial charge >= 0.3 is 23.7 Å². The number of benzene rings is 2. The second-order valence-electron chi connectivity index (χ2n) is 24.4. The summed E-state index contributed by atoms with van der Waals surface area (Å²) in [5, 5.41) is 20.6. The van der Waals surface area contributed by atoms with Gasteiger partial charge < -0.3 is 53.6 Å². The number of hydrogen-bond donors (Lipinski definition) is 4. The molecule has 2 heterocycles. The highest BCUT2D eigenvalue weighted by Crippen LogP contribution is 2.46. The highest BCUT2D eigenvalue weighted by atomic mass is 28.4. The number of aliphatic hydroxyl groups excluding tert-OH is 1. The molecule has 1 unspecified atom stereocenters. The van der Waals surface area contributed by atoms with Gasteiger partial charge in [-0.3, -0.25) is 28.3 Å². The SMILES string of the molecule is COc1ccc(Cn2c(=O)ccn([C@@H]3OC([C@H](O)[C@H](NCCCNC(=O)[C@@H](CCC(=O)OC(C)(C)C)NC(=O)OCc4ccccc4)C(=O)OC(C)(C)C)[C@@H](O[Si](C)(C)C(C)(C)C)[C@H]3O[Si](C)(C)C(C)(C)C)c2=O)cc1. The van der Waals surface area contributed by atoms with E-state index in [1.807, 2.05) is 6.07 Å². The number of carbonyl (C=O) groups is 4. The number of aromatic nitrogens is 2. The maximum Gasteiger partial charge on any atom is 0.408 e. The second-order valence-corrected chi connectivity index (χ2v) is 34.0. The zero-order chi connectivity index (χ0) is 57.2. The minimum absolute atomic E-state index is 0.0398. The molecule has 1 saturated heterocycles. The standard InChI is InChI=1S/C55H87N5O14Si2/c1-52(2,3)71-41(62)29-28-39(58-50(66)69-35-37-22-19-18-20-23-37)47(64)57-32-21-31-56-42(49(65)72-53(4,5)6)43(63)44-45(73-75(14,15)54(7,8)9)46(74-76(16,17)55(10,11)12)48(70-44)59-33-30-40(61)60(51(59)67)34-36-24-26-38(68-13)27-25-36/h18-20,22-27,30,33,39,42-46,48,56,63H,21,28-29,31-32,34-35H2,1-17H3,(H,57,64)(H,58,66)/t39-,42+,43-,44?,45-,46-,48-/m1/s1. The summed E-state index contributed by atoms with van der Waals surface area (Å²) in [6.07, 6.45) is -5.85. The van der Waals surface area contributed by atoms with Gasteiger partial charge in [0.2, 0.25) is 5.91 Å². The molecule has 1 aliphatic rings. The number of amides is 2. The van der Waals surface area contributed by atoms with E-state index in [9.17, 15) is 33.9 Å². The van der Waals surface area contributed by atoms with E-state index in [2.05, 4.69) is 83.7 Å². The minimum atomic E-state index is -2.80. The van der Waals surface area contributed by atoms with E-state index in [1.54, 1.807) is 97.2 Å². The van der Waals surface area contributed by atoms with Crippen LogP contribution in [0.1, 0.15) is 120 Å². The first-order valence-corrected chi connectivity index (χ1v) is 31.9. The number of nitrogens with one attached hydrogen (secondary N) is 3. The number of rotatable bonds is 23. The van der Waals surface area contributed by atoms with E-state index in [4.69, 9.17) is 32.5 Å². The Bertz CT molecular complexity index is 2530. The third-order valence-corrected chi connectivity index (χ3v) is 22.8. The number of esters is 2. The maximum atomic E-state index is 14.7. The quantitative estimate of drug-likeness (QED) is 0.0315. The molecule has 424 valence electrons. The van der Waals surface area contributed by atoms with Gasteiger partial charge in [-0.2, -0.15) is 0 Å². The molecular formula is C55H87N5O14Si2. The number of alkyl carbamates (subject to hydrolysis) is 1. The predicted octanol–water partition coefficient (Wildman–Crippen LogP) is 7.33. The lowest BCUT2D eigenvalue weighted by molar-refractivity contribution is -0.166. The summed E-state index contributed by atoms with van der Waals surface area (Å²) >= 11 is 0. The second kappa shape index (κ2) is 26.0. The third kappa shape index (κ3) is 18.2. The lowest BCUT2D eigenvalue weighted by atomic mass is 9.99. The summed E-state index contributed by atoms with van der Waals surface area (Å²) in [5.41, 5.74) is -1.55. The van der Waals surface area contributed by atoms with Gasteiger partial charge in [0.05, 0.1) is 13.7 Å². The molecule has 0 spiro atoms. The molecule has 76 heavy (non-hydrogen) atoms. The van der Waals surface area contributed by atoms with Crippen molar-refractivity contribution in [3.05, 3.63) is 98.8 Å². The van der Waals surface area contributed by atoms with E-state index in [0.29, 0.717) is 11.3 Å². The van der Waals surface area contributed by atoms with Crippen molar-refractivity contribution < 1.29 is 56.8 Å². The van der Waals surface area contributed by atoms with Crippen molar-refractivity contribution >= 4 is 40.6 Å². The summed E-state index contributed by atoms with van der Waals surface area (Å²) < 4.78 is 45.8. The fourth-order valence-electron chi connectivity index (χ4n) is 7.65. The summed E-state index contributed by atoms with van der Waals surface area (Å²) in [6, 6.07) is 14.7. The zero-order valence-corrected chi connectivity index (χ0v) is 50.0. The first-order valence-electron chi connectivity index (χ1n) is 26.1. The summed E-state index contributed by atoms with van der Waals surface area (Å²) in [6.45, 7) is 31.0. The van der Waals surface area contributed by atoms with Crippen LogP contribution in [-0.2, 0) is 55.3 Å². The van der Waals surface area contributed by atoms with E-state index >= 15 is 0 Å². The van der Waals surface area contributed by atoms with Crippen LogP contribution in [0.4, 0.5) is 4.79 Å². The number of aliphatic hydroxyl groups is 1. The van der Waals surface area contributed by atoms with Gasteiger partial charge in [-0.25, -0.2) is 9.59 Å². The first kappa shape index (κ1) is 63.4. The van der Waals surface area contributed by atoms with Crippen molar-refractivity contribution in [3.63, 3.8) is 0 Å². The number of nitrogens with zero attached hydrogens (tertiary/aromatic N) is 2. The Kier molecular flexibility index (Phi) is 21.7. The van der Waals surface area contributed by atoms with Gasteiger partial charge in [0.25, 0.3) is 5.56 Å². The van der Waals surface area contributed by atoms with E-state index in [1.165, 1.54) is 16.8 Å². The number of ether oxygens (including phenoxy) is 5.